The molecular weight excluding hydrogens is 326 g/mol. The minimum absolute atomic E-state index is 0.105. The molecule has 0 saturated carbocycles. The van der Waals surface area contributed by atoms with Crippen LogP contribution in [-0.2, 0) is 30.8 Å². The lowest BCUT2D eigenvalue weighted by Crippen LogP contribution is -2.37. The molecular formula is C16H21N5O4. The molecule has 0 radical (unpaired) electrons. The van der Waals surface area contributed by atoms with E-state index in [2.05, 4.69) is 15.5 Å². The zero-order valence-electron chi connectivity index (χ0n) is 14.9. The van der Waals surface area contributed by atoms with Gasteiger partial charge in [0.05, 0.1) is 12.1 Å². The van der Waals surface area contributed by atoms with Crippen LogP contribution in [0.2, 0.25) is 0 Å². The van der Waals surface area contributed by atoms with Gasteiger partial charge in [0.25, 0.3) is 5.56 Å². The van der Waals surface area contributed by atoms with Crippen LogP contribution in [0.1, 0.15) is 38.0 Å². The Morgan fingerprint density at radius 3 is 2.60 bits per heavy atom. The fraction of sp³-hybridized carbons (Fsp3) is 0.438. The van der Waals surface area contributed by atoms with Crippen molar-refractivity contribution in [2.75, 3.05) is 0 Å². The largest absolute Gasteiger partial charge is 0.345 e. The van der Waals surface area contributed by atoms with E-state index >= 15 is 0 Å². The Balaban J connectivity index is 2.04. The van der Waals surface area contributed by atoms with Crippen LogP contribution in [0.3, 0.4) is 0 Å². The van der Waals surface area contributed by atoms with Crippen LogP contribution >= 0.6 is 0 Å². The topological polar surface area (TPSA) is 112 Å². The molecule has 2 rings (SSSR count). The second-order valence-electron chi connectivity index (χ2n) is 6.66. The molecule has 0 bridgehead atoms. The minimum atomic E-state index is -0.472. The third-order valence-electron chi connectivity index (χ3n) is 3.42. The Labute approximate surface area is 144 Å². The van der Waals surface area contributed by atoms with Gasteiger partial charge in [-0.05, 0) is 6.08 Å². The second-order valence-corrected chi connectivity index (χ2v) is 6.66. The molecule has 0 saturated heterocycles. The zero-order valence-corrected chi connectivity index (χ0v) is 14.9. The van der Waals surface area contributed by atoms with Crippen molar-refractivity contribution >= 4 is 12.0 Å². The van der Waals surface area contributed by atoms with Crippen molar-refractivity contribution in [3.63, 3.8) is 0 Å². The van der Waals surface area contributed by atoms with E-state index in [-0.39, 0.29) is 17.5 Å². The van der Waals surface area contributed by atoms with Crippen molar-refractivity contribution < 1.29 is 9.32 Å². The molecule has 0 aliphatic carbocycles. The molecule has 0 aromatic carbocycles. The van der Waals surface area contributed by atoms with Gasteiger partial charge >= 0.3 is 5.69 Å². The van der Waals surface area contributed by atoms with Crippen LogP contribution in [0, 0.1) is 0 Å². The highest BCUT2D eigenvalue weighted by molar-refractivity contribution is 5.91. The van der Waals surface area contributed by atoms with E-state index in [0.29, 0.717) is 11.7 Å². The molecule has 25 heavy (non-hydrogen) atoms. The maximum atomic E-state index is 12.0. The van der Waals surface area contributed by atoms with Gasteiger partial charge in [-0.1, -0.05) is 25.9 Å². The summed E-state index contributed by atoms with van der Waals surface area (Å²) in [6.07, 6.45) is 3.95. The van der Waals surface area contributed by atoms with Crippen LogP contribution in [0.15, 0.2) is 26.4 Å². The molecule has 0 spiro atoms. The number of nitrogens with one attached hydrogen (secondary N) is 1. The third-order valence-corrected chi connectivity index (χ3v) is 3.42. The average molecular weight is 347 g/mol. The number of carbonyl (C=O) groups excluding carboxylic acids is 1. The predicted molar refractivity (Wildman–Crippen MR) is 90.8 cm³/mol. The molecule has 0 unspecified atom stereocenters. The number of hydrogen-bond donors (Lipinski definition) is 1. The van der Waals surface area contributed by atoms with Crippen molar-refractivity contribution in [2.24, 2.45) is 14.1 Å². The summed E-state index contributed by atoms with van der Waals surface area (Å²) in [6, 6.07) is 0. The summed E-state index contributed by atoms with van der Waals surface area (Å²) in [5.41, 5.74) is -0.939. The van der Waals surface area contributed by atoms with Gasteiger partial charge in [0.1, 0.15) is 0 Å². The molecule has 134 valence electrons. The number of carbonyl (C=O) groups is 1. The lowest BCUT2D eigenvalue weighted by Gasteiger charge is -2.10. The molecule has 9 nitrogen and oxygen atoms in total. The van der Waals surface area contributed by atoms with Crippen LogP contribution in [0.4, 0.5) is 0 Å². The molecule has 0 atom stereocenters. The Bertz CT molecular complexity index is 927. The maximum Gasteiger partial charge on any atom is 0.330 e. The summed E-state index contributed by atoms with van der Waals surface area (Å²) < 4.78 is 7.38. The summed E-state index contributed by atoms with van der Waals surface area (Å²) in [7, 11) is 2.91. The van der Waals surface area contributed by atoms with Gasteiger partial charge in [-0.2, -0.15) is 4.98 Å². The molecule has 2 heterocycles. The van der Waals surface area contributed by atoms with Crippen LogP contribution < -0.4 is 16.6 Å². The summed E-state index contributed by atoms with van der Waals surface area (Å²) in [5, 5.41) is 6.41. The van der Waals surface area contributed by atoms with E-state index in [4.69, 9.17) is 4.52 Å². The van der Waals surface area contributed by atoms with Gasteiger partial charge in [-0.3, -0.25) is 14.2 Å². The van der Waals surface area contributed by atoms with Crippen molar-refractivity contribution in [1.82, 2.24) is 24.6 Å². The Morgan fingerprint density at radius 1 is 1.32 bits per heavy atom. The molecule has 9 heteroatoms. The average Bonchev–Trinajstić information content (AvgIpc) is 3.02. The molecule has 0 fully saturated rings. The Morgan fingerprint density at radius 2 is 2.00 bits per heavy atom. The van der Waals surface area contributed by atoms with E-state index in [1.54, 1.807) is 0 Å². The summed E-state index contributed by atoms with van der Waals surface area (Å²) in [6.45, 7) is 5.94. The maximum absolute atomic E-state index is 12.0. The van der Waals surface area contributed by atoms with E-state index in [0.717, 1.165) is 4.57 Å². The first-order valence-electron chi connectivity index (χ1n) is 7.65. The number of amides is 1. The van der Waals surface area contributed by atoms with Crippen molar-refractivity contribution in [3.8, 4) is 0 Å². The number of hydrogen-bond acceptors (Lipinski definition) is 6. The number of rotatable bonds is 4. The predicted octanol–water partition coefficient (Wildman–Crippen LogP) is 0.0941. The van der Waals surface area contributed by atoms with E-state index < -0.39 is 17.2 Å². The van der Waals surface area contributed by atoms with E-state index in [1.165, 1.54) is 37.0 Å². The SMILES string of the molecule is Cn1cc(/C=C/C(=O)NCc2noc(C(C)(C)C)n2)c(=O)n(C)c1=O. The molecule has 0 aliphatic rings. The molecule has 0 aliphatic heterocycles. The Kier molecular flexibility index (Phi) is 5.05. The first-order valence-corrected chi connectivity index (χ1v) is 7.65. The third kappa shape index (κ3) is 4.31. The second kappa shape index (κ2) is 6.88. The Hall–Kier alpha value is -2.97. The van der Waals surface area contributed by atoms with Crippen molar-refractivity contribution in [1.29, 1.82) is 0 Å². The van der Waals surface area contributed by atoms with Gasteiger partial charge in [0.2, 0.25) is 11.8 Å². The first-order chi connectivity index (χ1) is 11.6. The summed E-state index contributed by atoms with van der Waals surface area (Å²) >= 11 is 0. The minimum Gasteiger partial charge on any atom is -0.345 e. The fourth-order valence-corrected chi connectivity index (χ4v) is 1.97. The standard InChI is InChI=1S/C16H21N5O4/c1-16(2,3)14-18-11(19-25-14)8-17-12(22)7-6-10-9-20(4)15(24)21(5)13(10)23/h6-7,9H,8H2,1-5H3,(H,17,22)/b7-6+. The highest BCUT2D eigenvalue weighted by Gasteiger charge is 2.21. The zero-order chi connectivity index (χ0) is 18.8. The smallest absolute Gasteiger partial charge is 0.330 e. The fourth-order valence-electron chi connectivity index (χ4n) is 1.97. The number of aryl methyl sites for hydroxylation is 1. The number of nitrogens with zero attached hydrogens (tertiary/aromatic N) is 4. The molecule has 2 aromatic rings. The lowest BCUT2D eigenvalue weighted by molar-refractivity contribution is -0.116. The monoisotopic (exact) mass is 347 g/mol. The van der Waals surface area contributed by atoms with Gasteiger partial charge in [0, 0.05) is 31.8 Å². The highest BCUT2D eigenvalue weighted by atomic mass is 16.5. The van der Waals surface area contributed by atoms with Crippen LogP contribution in [-0.4, -0.2) is 25.2 Å². The lowest BCUT2D eigenvalue weighted by atomic mass is 9.97. The number of aromatic nitrogens is 4. The molecule has 1 N–H and O–H groups in total. The van der Waals surface area contributed by atoms with Crippen LogP contribution in [0.25, 0.3) is 6.08 Å². The van der Waals surface area contributed by atoms with Crippen molar-refractivity contribution in [3.05, 3.63) is 50.4 Å². The highest BCUT2D eigenvalue weighted by Crippen LogP contribution is 2.19. The molecule has 2 aromatic heterocycles. The van der Waals surface area contributed by atoms with Crippen LogP contribution in [0.5, 0.6) is 0 Å². The van der Waals surface area contributed by atoms with E-state index in [1.807, 2.05) is 20.8 Å². The van der Waals surface area contributed by atoms with Gasteiger partial charge < -0.3 is 14.4 Å². The summed E-state index contributed by atoms with van der Waals surface area (Å²) in [4.78, 5) is 39.7. The quantitative estimate of drug-likeness (QED) is 0.785. The van der Waals surface area contributed by atoms with E-state index in [9.17, 15) is 14.4 Å². The van der Waals surface area contributed by atoms with Gasteiger partial charge in [-0.15, -0.1) is 0 Å². The van der Waals surface area contributed by atoms with Crippen molar-refractivity contribution in [2.45, 2.75) is 32.7 Å². The van der Waals surface area contributed by atoms with Gasteiger partial charge in [-0.25, -0.2) is 4.79 Å². The first kappa shape index (κ1) is 18.4. The molecule has 1 amide bonds. The normalized spacial score (nSPS) is 11.9. The van der Waals surface area contributed by atoms with Gasteiger partial charge in [0.15, 0.2) is 5.82 Å². The summed E-state index contributed by atoms with van der Waals surface area (Å²) in [5.74, 6) is 0.434.